The van der Waals surface area contributed by atoms with Gasteiger partial charge in [-0.1, -0.05) is 6.07 Å². The van der Waals surface area contributed by atoms with E-state index in [-0.39, 0.29) is 5.91 Å². The van der Waals surface area contributed by atoms with Crippen LogP contribution in [0.2, 0.25) is 0 Å². The van der Waals surface area contributed by atoms with E-state index in [9.17, 15) is 9.00 Å². The van der Waals surface area contributed by atoms with Gasteiger partial charge in [-0.15, -0.1) is 0 Å². The summed E-state index contributed by atoms with van der Waals surface area (Å²) in [5.74, 6) is 1.36. The van der Waals surface area contributed by atoms with Crippen molar-refractivity contribution < 1.29 is 9.00 Å². The van der Waals surface area contributed by atoms with Crippen molar-refractivity contribution in [2.75, 3.05) is 41.4 Å². The first-order chi connectivity index (χ1) is 9.08. The van der Waals surface area contributed by atoms with Gasteiger partial charge in [0.15, 0.2) is 0 Å². The first-order valence-corrected chi connectivity index (χ1v) is 7.84. The third-order valence-corrected chi connectivity index (χ3v) is 5.13. The molecule has 1 unspecified atom stereocenters. The van der Waals surface area contributed by atoms with E-state index in [1.807, 2.05) is 18.2 Å². The number of nitrogens with zero attached hydrogens (tertiary/aromatic N) is 2. The van der Waals surface area contributed by atoms with E-state index in [0.717, 1.165) is 30.0 Å². The van der Waals surface area contributed by atoms with Crippen molar-refractivity contribution in [1.29, 1.82) is 0 Å². The van der Waals surface area contributed by atoms with Crippen molar-refractivity contribution >= 4 is 28.1 Å². The molecule has 2 heterocycles. The zero-order chi connectivity index (χ0) is 13.6. The second-order valence-corrected chi connectivity index (χ2v) is 6.65. The molecule has 0 radical (unpaired) electrons. The van der Waals surface area contributed by atoms with Crippen LogP contribution in [-0.4, -0.2) is 41.8 Å². The summed E-state index contributed by atoms with van der Waals surface area (Å²) in [6.45, 7) is 1.60. The van der Waals surface area contributed by atoms with Crippen molar-refractivity contribution in [3.8, 4) is 0 Å². The third-order valence-electron chi connectivity index (χ3n) is 3.85. The van der Waals surface area contributed by atoms with Crippen LogP contribution < -0.4 is 15.5 Å². The molecule has 1 amide bonds. The average molecular weight is 279 g/mol. The molecule has 2 aliphatic heterocycles. The molecule has 19 heavy (non-hydrogen) atoms. The Morgan fingerprint density at radius 1 is 1.32 bits per heavy atom. The maximum Gasteiger partial charge on any atom is 0.248 e. The van der Waals surface area contributed by atoms with Crippen molar-refractivity contribution in [2.24, 2.45) is 5.73 Å². The van der Waals surface area contributed by atoms with Crippen LogP contribution in [0.15, 0.2) is 18.2 Å². The predicted octanol–water partition coefficient (Wildman–Crippen LogP) is 0.231. The maximum absolute atomic E-state index is 11.8. The molecule has 2 aliphatic rings. The molecule has 1 fully saturated rings. The topological polar surface area (TPSA) is 66.6 Å². The molecule has 3 rings (SSSR count). The number of hydrogen-bond donors (Lipinski definition) is 1. The Bertz CT molecular complexity index is 551. The van der Waals surface area contributed by atoms with Gasteiger partial charge in [0.25, 0.3) is 0 Å². The lowest BCUT2D eigenvalue weighted by Gasteiger charge is -2.29. The van der Waals surface area contributed by atoms with Crippen molar-refractivity contribution in [2.45, 2.75) is 6.04 Å². The first kappa shape index (κ1) is 12.6. The summed E-state index contributed by atoms with van der Waals surface area (Å²) in [6.07, 6.45) is 0. The second kappa shape index (κ2) is 4.61. The van der Waals surface area contributed by atoms with Crippen LogP contribution >= 0.6 is 0 Å². The summed E-state index contributed by atoms with van der Waals surface area (Å²) in [5.41, 5.74) is 8.73. The third kappa shape index (κ3) is 2.04. The van der Waals surface area contributed by atoms with Crippen LogP contribution in [0.5, 0.6) is 0 Å². The fraction of sp³-hybridized carbons (Fsp3) is 0.462. The van der Waals surface area contributed by atoms with Crippen molar-refractivity contribution in [3.63, 3.8) is 0 Å². The lowest BCUT2D eigenvalue weighted by Crippen LogP contribution is -2.37. The fourth-order valence-electron chi connectivity index (χ4n) is 2.64. The molecule has 1 atom stereocenters. The molecule has 5 nitrogen and oxygen atoms in total. The molecular formula is C13H17N3O2S. The van der Waals surface area contributed by atoms with Gasteiger partial charge in [-0.3, -0.25) is 9.00 Å². The number of likely N-dealkylation sites (N-methyl/N-ethyl adjacent to an activating group) is 1. The minimum atomic E-state index is -0.678. The summed E-state index contributed by atoms with van der Waals surface area (Å²) >= 11 is 0. The first-order valence-electron chi connectivity index (χ1n) is 6.35. The number of rotatable bonds is 1. The highest BCUT2D eigenvalue weighted by atomic mass is 32.2. The predicted molar refractivity (Wildman–Crippen MR) is 76.9 cm³/mol. The summed E-state index contributed by atoms with van der Waals surface area (Å²) in [6, 6.07) is 5.40. The Hall–Kier alpha value is -1.40. The van der Waals surface area contributed by atoms with E-state index < -0.39 is 16.8 Å². The Morgan fingerprint density at radius 3 is 2.68 bits per heavy atom. The molecule has 1 aromatic rings. The van der Waals surface area contributed by atoms with Crippen molar-refractivity contribution in [1.82, 2.24) is 0 Å². The largest absolute Gasteiger partial charge is 0.370 e. The van der Waals surface area contributed by atoms with Crippen LogP contribution in [0.3, 0.4) is 0 Å². The minimum absolute atomic E-state index is 0.0631. The van der Waals surface area contributed by atoms with Gasteiger partial charge in [0, 0.05) is 53.7 Å². The van der Waals surface area contributed by atoms with E-state index in [4.69, 9.17) is 5.73 Å². The average Bonchev–Trinajstić information content (AvgIpc) is 2.64. The Balaban J connectivity index is 1.90. The summed E-state index contributed by atoms with van der Waals surface area (Å²) in [7, 11) is 1.07. The highest BCUT2D eigenvalue weighted by Crippen LogP contribution is 2.36. The van der Waals surface area contributed by atoms with E-state index in [1.165, 1.54) is 0 Å². The molecule has 0 saturated carbocycles. The Kier molecular flexibility index (Phi) is 3.06. The van der Waals surface area contributed by atoms with Crippen LogP contribution in [0.1, 0.15) is 11.6 Å². The van der Waals surface area contributed by atoms with Gasteiger partial charge in [-0.05, 0) is 12.1 Å². The Labute approximate surface area is 114 Å². The number of carbonyl (C=O) groups excluding carboxylic acids is 1. The molecule has 1 aromatic carbocycles. The number of nitrogens with two attached hydrogens (primary N) is 1. The SMILES string of the molecule is CN1C(=O)C(N)c2ccc(N3CCS(=O)CC3)cc21. The van der Waals surface area contributed by atoms with Crippen LogP contribution in [0.4, 0.5) is 11.4 Å². The fourth-order valence-corrected chi connectivity index (χ4v) is 3.69. The summed E-state index contributed by atoms with van der Waals surface area (Å²) < 4.78 is 11.4. The summed E-state index contributed by atoms with van der Waals surface area (Å²) in [4.78, 5) is 15.7. The molecule has 2 N–H and O–H groups in total. The number of amides is 1. The lowest BCUT2D eigenvalue weighted by molar-refractivity contribution is -0.118. The molecule has 102 valence electrons. The van der Waals surface area contributed by atoms with Crippen LogP contribution in [-0.2, 0) is 15.6 Å². The molecule has 1 saturated heterocycles. The van der Waals surface area contributed by atoms with Gasteiger partial charge in [-0.25, -0.2) is 0 Å². The van der Waals surface area contributed by atoms with Gasteiger partial charge in [0.1, 0.15) is 6.04 Å². The van der Waals surface area contributed by atoms with E-state index >= 15 is 0 Å². The number of fused-ring (bicyclic) bond motifs is 1. The van der Waals surface area contributed by atoms with Gasteiger partial charge in [0.2, 0.25) is 5.91 Å². The molecule has 0 aromatic heterocycles. The molecular weight excluding hydrogens is 262 g/mol. The van der Waals surface area contributed by atoms with Crippen molar-refractivity contribution in [3.05, 3.63) is 23.8 Å². The van der Waals surface area contributed by atoms with E-state index in [1.54, 1.807) is 11.9 Å². The van der Waals surface area contributed by atoms with Gasteiger partial charge < -0.3 is 15.5 Å². The molecule has 0 bridgehead atoms. The number of hydrogen-bond acceptors (Lipinski definition) is 4. The van der Waals surface area contributed by atoms with Crippen LogP contribution in [0, 0.1) is 0 Å². The van der Waals surface area contributed by atoms with E-state index in [2.05, 4.69) is 4.90 Å². The van der Waals surface area contributed by atoms with Crippen LogP contribution in [0.25, 0.3) is 0 Å². The maximum atomic E-state index is 11.8. The summed E-state index contributed by atoms with van der Waals surface area (Å²) in [5, 5.41) is 0. The van der Waals surface area contributed by atoms with Gasteiger partial charge in [0.05, 0.1) is 5.69 Å². The van der Waals surface area contributed by atoms with E-state index in [0.29, 0.717) is 11.5 Å². The zero-order valence-corrected chi connectivity index (χ0v) is 11.7. The molecule has 0 spiro atoms. The quantitative estimate of drug-likeness (QED) is 0.799. The second-order valence-electron chi connectivity index (χ2n) is 4.95. The lowest BCUT2D eigenvalue weighted by atomic mass is 10.1. The minimum Gasteiger partial charge on any atom is -0.370 e. The zero-order valence-electron chi connectivity index (χ0n) is 10.8. The highest BCUT2D eigenvalue weighted by Gasteiger charge is 2.32. The molecule has 6 heteroatoms. The number of carbonyl (C=O) groups is 1. The Morgan fingerprint density at radius 2 is 2.00 bits per heavy atom. The monoisotopic (exact) mass is 279 g/mol. The standard InChI is InChI=1S/C13H17N3O2S/c1-15-11-8-9(16-4-6-19(18)7-5-16)2-3-10(11)12(14)13(15)17/h2-3,8,12H,4-7,14H2,1H3. The van der Waals surface area contributed by atoms with Gasteiger partial charge >= 0.3 is 0 Å². The highest BCUT2D eigenvalue weighted by molar-refractivity contribution is 7.85. The number of anilines is 2. The van der Waals surface area contributed by atoms with Gasteiger partial charge in [-0.2, -0.15) is 0 Å². The normalized spacial score (nSPS) is 23.9. The molecule has 0 aliphatic carbocycles. The smallest absolute Gasteiger partial charge is 0.248 e. The number of benzene rings is 1.